The molecule has 6 nitrogen and oxygen atoms in total. The summed E-state index contributed by atoms with van der Waals surface area (Å²) in [6.45, 7) is 1.92. The summed E-state index contributed by atoms with van der Waals surface area (Å²) in [7, 11) is 0. The van der Waals surface area contributed by atoms with Crippen LogP contribution in [0.15, 0.2) is 55.0 Å². The monoisotopic (exact) mass is 447 g/mol. The Morgan fingerprint density at radius 2 is 1.77 bits per heavy atom. The molecule has 3 rings (SSSR count). The highest BCUT2D eigenvalue weighted by Gasteiger charge is 2.30. The molecule has 3 aromatic rings. The van der Waals surface area contributed by atoms with Gasteiger partial charge in [-0.05, 0) is 48.9 Å². The molecule has 1 amide bonds. The van der Waals surface area contributed by atoms with Gasteiger partial charge in [0.1, 0.15) is 5.82 Å². The van der Waals surface area contributed by atoms with Crippen molar-refractivity contribution in [3.63, 3.8) is 0 Å². The van der Waals surface area contributed by atoms with Crippen molar-refractivity contribution < 1.29 is 18.0 Å². The Bertz CT molecular complexity index is 1100. The highest BCUT2D eigenvalue weighted by molar-refractivity contribution is 6.38. The number of hydrogen-bond acceptors (Lipinski definition) is 5. The van der Waals surface area contributed by atoms with E-state index in [9.17, 15) is 18.0 Å². The van der Waals surface area contributed by atoms with E-state index in [0.29, 0.717) is 12.4 Å². The average Bonchev–Trinajstić information content (AvgIpc) is 2.72. The van der Waals surface area contributed by atoms with Gasteiger partial charge in [-0.15, -0.1) is 0 Å². The molecular formula is C21H17ClF3N5O. The molecule has 0 aliphatic carbocycles. The van der Waals surface area contributed by atoms with Crippen LogP contribution in [0, 0.1) is 5.41 Å². The van der Waals surface area contributed by atoms with Crippen LogP contribution < -0.4 is 10.6 Å². The normalized spacial score (nSPS) is 11.1. The minimum atomic E-state index is -4.47. The SMILES string of the molecule is CC(=N)c1c(NCc2ccncc2)ncc(C(=O)Nc2ccc(C(F)(F)F)cc2)c1Cl. The van der Waals surface area contributed by atoms with Crippen molar-refractivity contribution in [2.24, 2.45) is 0 Å². The number of benzene rings is 1. The molecule has 0 radical (unpaired) electrons. The minimum absolute atomic E-state index is 0.00220. The Labute approximate surface area is 181 Å². The van der Waals surface area contributed by atoms with Crippen molar-refractivity contribution in [3.8, 4) is 0 Å². The van der Waals surface area contributed by atoms with Crippen LogP contribution in [0.25, 0.3) is 0 Å². The number of nitrogens with one attached hydrogen (secondary N) is 3. The zero-order valence-electron chi connectivity index (χ0n) is 16.2. The number of carbonyl (C=O) groups excluding carboxylic acids is 1. The molecule has 3 N–H and O–H groups in total. The lowest BCUT2D eigenvalue weighted by Crippen LogP contribution is -2.16. The fourth-order valence-electron chi connectivity index (χ4n) is 2.75. The number of halogens is 4. The average molecular weight is 448 g/mol. The molecule has 160 valence electrons. The molecule has 0 fully saturated rings. The fraction of sp³-hybridized carbons (Fsp3) is 0.143. The lowest BCUT2D eigenvalue weighted by atomic mass is 10.1. The van der Waals surface area contributed by atoms with Gasteiger partial charge in [0, 0.05) is 36.5 Å². The first-order chi connectivity index (χ1) is 14.7. The number of nitrogens with zero attached hydrogens (tertiary/aromatic N) is 2. The van der Waals surface area contributed by atoms with Gasteiger partial charge < -0.3 is 16.0 Å². The number of aromatic nitrogens is 2. The number of anilines is 2. The summed E-state index contributed by atoms with van der Waals surface area (Å²) >= 11 is 6.40. The van der Waals surface area contributed by atoms with Crippen LogP contribution in [0.2, 0.25) is 5.02 Å². The second-order valence-corrected chi connectivity index (χ2v) is 6.95. The van der Waals surface area contributed by atoms with Crippen LogP contribution in [0.5, 0.6) is 0 Å². The van der Waals surface area contributed by atoms with Gasteiger partial charge in [-0.2, -0.15) is 13.2 Å². The van der Waals surface area contributed by atoms with E-state index < -0.39 is 17.6 Å². The van der Waals surface area contributed by atoms with E-state index in [-0.39, 0.29) is 27.5 Å². The second kappa shape index (κ2) is 9.13. The first-order valence-electron chi connectivity index (χ1n) is 9.02. The summed E-state index contributed by atoms with van der Waals surface area (Å²) in [6.07, 6.45) is 0.0814. The molecule has 0 saturated carbocycles. The van der Waals surface area contributed by atoms with Crippen LogP contribution in [0.4, 0.5) is 24.7 Å². The van der Waals surface area contributed by atoms with Gasteiger partial charge in [0.25, 0.3) is 5.91 Å². The van der Waals surface area contributed by atoms with E-state index in [4.69, 9.17) is 17.0 Å². The van der Waals surface area contributed by atoms with Crippen LogP contribution in [0.1, 0.15) is 34.0 Å². The van der Waals surface area contributed by atoms with Gasteiger partial charge in [-0.1, -0.05) is 11.6 Å². The van der Waals surface area contributed by atoms with Gasteiger partial charge in [-0.25, -0.2) is 4.98 Å². The van der Waals surface area contributed by atoms with Crippen molar-refractivity contribution in [2.75, 3.05) is 10.6 Å². The molecule has 0 saturated heterocycles. The third-order valence-electron chi connectivity index (χ3n) is 4.31. The van der Waals surface area contributed by atoms with Gasteiger partial charge in [0.2, 0.25) is 0 Å². The highest BCUT2D eigenvalue weighted by Crippen LogP contribution is 2.31. The number of rotatable bonds is 6. The maximum atomic E-state index is 12.7. The predicted molar refractivity (Wildman–Crippen MR) is 113 cm³/mol. The molecule has 0 atom stereocenters. The van der Waals surface area contributed by atoms with Crippen molar-refractivity contribution in [2.45, 2.75) is 19.6 Å². The van der Waals surface area contributed by atoms with E-state index >= 15 is 0 Å². The highest BCUT2D eigenvalue weighted by atomic mass is 35.5. The van der Waals surface area contributed by atoms with Crippen LogP contribution in [-0.4, -0.2) is 21.6 Å². The van der Waals surface area contributed by atoms with Crippen molar-refractivity contribution in [1.29, 1.82) is 5.41 Å². The number of amides is 1. The summed E-state index contributed by atoms with van der Waals surface area (Å²) in [6, 6.07) is 7.67. The molecule has 0 spiro atoms. The maximum Gasteiger partial charge on any atom is 0.416 e. The Morgan fingerprint density at radius 3 is 2.35 bits per heavy atom. The van der Waals surface area contributed by atoms with Gasteiger partial charge >= 0.3 is 6.18 Å². The maximum absolute atomic E-state index is 12.7. The smallest absolute Gasteiger partial charge is 0.365 e. The third-order valence-corrected chi connectivity index (χ3v) is 4.71. The molecule has 0 aliphatic heterocycles. The summed E-state index contributed by atoms with van der Waals surface area (Å²) < 4.78 is 38.1. The van der Waals surface area contributed by atoms with E-state index in [0.717, 1.165) is 29.8 Å². The molecule has 0 unspecified atom stereocenters. The minimum Gasteiger partial charge on any atom is -0.365 e. The zero-order valence-corrected chi connectivity index (χ0v) is 17.0. The van der Waals surface area contributed by atoms with E-state index in [1.54, 1.807) is 12.4 Å². The van der Waals surface area contributed by atoms with E-state index in [1.807, 2.05) is 12.1 Å². The summed E-state index contributed by atoms with van der Waals surface area (Å²) in [5.74, 6) is -0.319. The Kier molecular flexibility index (Phi) is 6.55. The molecule has 10 heteroatoms. The number of carbonyl (C=O) groups is 1. The number of hydrogen-bond donors (Lipinski definition) is 3. The fourth-order valence-corrected chi connectivity index (χ4v) is 3.12. The third kappa shape index (κ3) is 5.37. The van der Waals surface area contributed by atoms with Crippen LogP contribution in [-0.2, 0) is 12.7 Å². The van der Waals surface area contributed by atoms with Crippen LogP contribution in [0.3, 0.4) is 0 Å². The zero-order chi connectivity index (χ0) is 22.6. The molecule has 2 heterocycles. The molecule has 31 heavy (non-hydrogen) atoms. The van der Waals surface area contributed by atoms with Crippen molar-refractivity contribution in [1.82, 2.24) is 9.97 Å². The van der Waals surface area contributed by atoms with Crippen LogP contribution >= 0.6 is 11.6 Å². The topological polar surface area (TPSA) is 90.8 Å². The summed E-state index contributed by atoms with van der Waals surface area (Å²) in [5.41, 5.74) is 0.636. The van der Waals surface area contributed by atoms with E-state index in [2.05, 4.69) is 20.6 Å². The Hall–Kier alpha value is -3.46. The molecular weight excluding hydrogens is 431 g/mol. The number of alkyl halides is 3. The number of pyridine rings is 2. The standard InChI is InChI=1S/C21H17ClF3N5O/c1-12(26)17-18(22)16(11-29-19(17)28-10-13-6-8-27-9-7-13)20(31)30-15-4-2-14(3-5-15)21(23,24)25/h2-9,11,26H,10H2,1H3,(H,28,29)(H,30,31). The lowest BCUT2D eigenvalue weighted by Gasteiger charge is -2.15. The first kappa shape index (κ1) is 22.2. The van der Waals surface area contributed by atoms with E-state index in [1.165, 1.54) is 13.1 Å². The Balaban J connectivity index is 1.81. The largest absolute Gasteiger partial charge is 0.416 e. The Morgan fingerprint density at radius 1 is 1.13 bits per heavy atom. The van der Waals surface area contributed by atoms with Gasteiger partial charge in [-0.3, -0.25) is 9.78 Å². The predicted octanol–water partition coefficient (Wildman–Crippen LogP) is 5.40. The quantitative estimate of drug-likeness (QED) is 0.441. The molecule has 1 aromatic carbocycles. The molecule has 0 aliphatic rings. The molecule has 2 aromatic heterocycles. The van der Waals surface area contributed by atoms with Crippen molar-refractivity contribution in [3.05, 3.63) is 82.3 Å². The summed E-state index contributed by atoms with van der Waals surface area (Å²) in [5, 5.41) is 13.6. The second-order valence-electron chi connectivity index (χ2n) is 6.57. The van der Waals surface area contributed by atoms with Gasteiger partial charge in [0.15, 0.2) is 0 Å². The van der Waals surface area contributed by atoms with Gasteiger partial charge in [0.05, 0.1) is 21.7 Å². The lowest BCUT2D eigenvalue weighted by molar-refractivity contribution is -0.137. The first-order valence-corrected chi connectivity index (χ1v) is 9.40. The molecule has 0 bridgehead atoms. The summed E-state index contributed by atoms with van der Waals surface area (Å²) in [4.78, 5) is 20.8. The van der Waals surface area contributed by atoms with Crippen molar-refractivity contribution >= 4 is 34.7 Å².